The predicted octanol–water partition coefficient (Wildman–Crippen LogP) is 1.35. The lowest BCUT2D eigenvalue weighted by atomic mass is 10.3. The number of nitrogens with zero attached hydrogens (tertiary/aromatic N) is 1. The van der Waals surface area contributed by atoms with E-state index in [1.165, 1.54) is 3.57 Å². The van der Waals surface area contributed by atoms with E-state index in [1.807, 2.05) is 24.3 Å². The molecule has 1 aromatic carbocycles. The van der Waals surface area contributed by atoms with Crippen molar-refractivity contribution in [1.82, 2.24) is 10.9 Å². The van der Waals surface area contributed by atoms with E-state index in [0.717, 1.165) is 5.69 Å². The van der Waals surface area contributed by atoms with Gasteiger partial charge in [0, 0.05) is 3.57 Å². The minimum Gasteiger partial charge on any atom is -0.285 e. The van der Waals surface area contributed by atoms with Crippen molar-refractivity contribution in [3.05, 3.63) is 27.8 Å². The second-order valence-corrected chi connectivity index (χ2v) is 4.13. The summed E-state index contributed by atoms with van der Waals surface area (Å²) in [6, 6.07) is 7.78. The number of hydrogen-bond acceptors (Lipinski definition) is 2. The molecule has 1 heterocycles. The zero-order chi connectivity index (χ0) is 9.97. The lowest BCUT2D eigenvalue weighted by Gasteiger charge is -1.97. The van der Waals surface area contributed by atoms with E-state index >= 15 is 0 Å². The van der Waals surface area contributed by atoms with E-state index in [2.05, 4.69) is 38.4 Å². The summed E-state index contributed by atoms with van der Waals surface area (Å²) in [5.74, 6) is 0.616. The zero-order valence-corrected chi connectivity index (χ0v) is 9.41. The van der Waals surface area contributed by atoms with Crippen molar-refractivity contribution in [3.8, 4) is 0 Å². The zero-order valence-electron chi connectivity index (χ0n) is 7.25. The topological polar surface area (TPSA) is 53.5 Å². The number of benzene rings is 1. The SMILES string of the molecule is O=C1CC(=Nc2ccc(I)cc2)NN1. The van der Waals surface area contributed by atoms with Crippen LogP contribution in [-0.2, 0) is 4.79 Å². The molecule has 1 fully saturated rings. The van der Waals surface area contributed by atoms with Crippen LogP contribution in [0.2, 0.25) is 0 Å². The Balaban J connectivity index is 2.17. The maximum Gasteiger partial charge on any atom is 0.245 e. The minimum absolute atomic E-state index is 0.0470. The smallest absolute Gasteiger partial charge is 0.245 e. The highest BCUT2D eigenvalue weighted by Gasteiger charge is 2.14. The van der Waals surface area contributed by atoms with Crippen LogP contribution in [0.1, 0.15) is 6.42 Å². The summed E-state index contributed by atoms with van der Waals surface area (Å²) in [6.45, 7) is 0. The first kappa shape index (κ1) is 9.45. The molecule has 0 bridgehead atoms. The second kappa shape index (κ2) is 3.95. The van der Waals surface area contributed by atoms with Crippen molar-refractivity contribution in [3.63, 3.8) is 0 Å². The Morgan fingerprint density at radius 2 is 1.93 bits per heavy atom. The Kier molecular flexibility index (Phi) is 2.67. The summed E-state index contributed by atoms with van der Waals surface area (Å²) in [7, 11) is 0. The van der Waals surface area contributed by atoms with Crippen molar-refractivity contribution in [2.24, 2.45) is 4.99 Å². The van der Waals surface area contributed by atoms with Crippen LogP contribution in [0.3, 0.4) is 0 Å². The number of carbonyl (C=O) groups is 1. The fourth-order valence-corrected chi connectivity index (χ4v) is 1.48. The van der Waals surface area contributed by atoms with Gasteiger partial charge in [-0.3, -0.25) is 15.6 Å². The molecular formula is C9H8IN3O. The number of halogens is 1. The maximum absolute atomic E-state index is 10.8. The van der Waals surface area contributed by atoms with Gasteiger partial charge in [-0.15, -0.1) is 0 Å². The van der Waals surface area contributed by atoms with Gasteiger partial charge in [-0.2, -0.15) is 0 Å². The number of carbonyl (C=O) groups excluding carboxylic acids is 1. The van der Waals surface area contributed by atoms with Gasteiger partial charge in [-0.25, -0.2) is 4.99 Å². The quantitative estimate of drug-likeness (QED) is 0.769. The Morgan fingerprint density at radius 3 is 2.50 bits per heavy atom. The molecule has 72 valence electrons. The molecule has 0 atom stereocenters. The summed E-state index contributed by atoms with van der Waals surface area (Å²) in [5.41, 5.74) is 6.05. The van der Waals surface area contributed by atoms with E-state index in [0.29, 0.717) is 12.3 Å². The van der Waals surface area contributed by atoms with Gasteiger partial charge >= 0.3 is 0 Å². The van der Waals surface area contributed by atoms with E-state index in [4.69, 9.17) is 0 Å². The maximum atomic E-state index is 10.8. The molecule has 0 radical (unpaired) electrons. The highest BCUT2D eigenvalue weighted by molar-refractivity contribution is 14.1. The molecule has 5 heteroatoms. The highest BCUT2D eigenvalue weighted by atomic mass is 127. The average Bonchev–Trinajstić information content (AvgIpc) is 2.56. The lowest BCUT2D eigenvalue weighted by Crippen LogP contribution is -2.28. The average molecular weight is 301 g/mol. The standard InChI is InChI=1S/C9H8IN3O/c10-6-1-3-7(4-2-6)11-8-5-9(14)13-12-8/h1-4H,5H2,(H,11,12)(H,13,14). The van der Waals surface area contributed by atoms with Crippen molar-refractivity contribution in [1.29, 1.82) is 0 Å². The molecule has 0 aliphatic carbocycles. The Bertz CT molecular complexity index is 386. The Hall–Kier alpha value is -1.11. The first-order valence-electron chi connectivity index (χ1n) is 4.12. The normalized spacial score (nSPS) is 18.1. The van der Waals surface area contributed by atoms with Crippen LogP contribution < -0.4 is 10.9 Å². The van der Waals surface area contributed by atoms with Crippen LogP contribution in [0.4, 0.5) is 5.69 Å². The van der Waals surface area contributed by atoms with Crippen molar-refractivity contribution in [2.75, 3.05) is 0 Å². The number of amidine groups is 1. The largest absolute Gasteiger partial charge is 0.285 e. The van der Waals surface area contributed by atoms with E-state index in [-0.39, 0.29) is 5.91 Å². The summed E-state index contributed by atoms with van der Waals surface area (Å²) in [5, 5.41) is 0. The van der Waals surface area contributed by atoms with Gasteiger partial charge in [-0.05, 0) is 46.9 Å². The van der Waals surface area contributed by atoms with Crippen molar-refractivity contribution >= 4 is 40.0 Å². The van der Waals surface area contributed by atoms with Crippen LogP contribution in [0, 0.1) is 3.57 Å². The highest BCUT2D eigenvalue weighted by Crippen LogP contribution is 2.15. The molecule has 0 saturated carbocycles. The molecule has 1 amide bonds. The molecule has 1 aliphatic rings. The van der Waals surface area contributed by atoms with Crippen LogP contribution >= 0.6 is 22.6 Å². The van der Waals surface area contributed by atoms with Gasteiger partial charge in [-0.1, -0.05) is 0 Å². The molecule has 1 aliphatic heterocycles. The minimum atomic E-state index is -0.0470. The van der Waals surface area contributed by atoms with Crippen LogP contribution in [0.15, 0.2) is 29.3 Å². The molecule has 0 spiro atoms. The van der Waals surface area contributed by atoms with Gasteiger partial charge in [0.25, 0.3) is 0 Å². The first-order chi connectivity index (χ1) is 6.74. The molecule has 4 nitrogen and oxygen atoms in total. The second-order valence-electron chi connectivity index (χ2n) is 2.88. The first-order valence-corrected chi connectivity index (χ1v) is 5.20. The third-order valence-electron chi connectivity index (χ3n) is 1.76. The van der Waals surface area contributed by atoms with E-state index in [9.17, 15) is 4.79 Å². The number of aliphatic imine (C=N–C) groups is 1. The van der Waals surface area contributed by atoms with Crippen LogP contribution in [0.5, 0.6) is 0 Å². The molecule has 0 aromatic heterocycles. The summed E-state index contributed by atoms with van der Waals surface area (Å²) in [4.78, 5) is 15.1. The third-order valence-corrected chi connectivity index (χ3v) is 2.48. The molecular weight excluding hydrogens is 293 g/mol. The van der Waals surface area contributed by atoms with Gasteiger partial charge < -0.3 is 0 Å². The molecule has 1 saturated heterocycles. The Labute approximate surface area is 94.9 Å². The van der Waals surface area contributed by atoms with E-state index < -0.39 is 0 Å². The van der Waals surface area contributed by atoms with E-state index in [1.54, 1.807) is 0 Å². The predicted molar refractivity (Wildman–Crippen MR) is 62.1 cm³/mol. The molecule has 2 N–H and O–H groups in total. The van der Waals surface area contributed by atoms with Gasteiger partial charge in [0.1, 0.15) is 5.84 Å². The summed E-state index contributed by atoms with van der Waals surface area (Å²) < 4.78 is 1.17. The molecule has 1 aromatic rings. The number of hydrazine groups is 1. The number of hydrogen-bond donors (Lipinski definition) is 2. The molecule has 14 heavy (non-hydrogen) atoms. The monoisotopic (exact) mass is 301 g/mol. The fraction of sp³-hybridized carbons (Fsp3) is 0.111. The van der Waals surface area contributed by atoms with Crippen molar-refractivity contribution < 1.29 is 4.79 Å². The Morgan fingerprint density at radius 1 is 1.21 bits per heavy atom. The van der Waals surface area contributed by atoms with Crippen LogP contribution in [-0.4, -0.2) is 11.7 Å². The molecule has 0 unspecified atom stereocenters. The van der Waals surface area contributed by atoms with Gasteiger partial charge in [0.05, 0.1) is 12.1 Å². The van der Waals surface area contributed by atoms with Gasteiger partial charge in [0.15, 0.2) is 0 Å². The summed E-state index contributed by atoms with van der Waals surface area (Å²) in [6.07, 6.45) is 0.325. The number of amides is 1. The molecule has 2 rings (SSSR count). The third kappa shape index (κ3) is 2.22. The van der Waals surface area contributed by atoms with Gasteiger partial charge in [0.2, 0.25) is 5.91 Å². The van der Waals surface area contributed by atoms with Crippen molar-refractivity contribution in [2.45, 2.75) is 6.42 Å². The fourth-order valence-electron chi connectivity index (χ4n) is 1.12. The summed E-state index contributed by atoms with van der Waals surface area (Å²) >= 11 is 2.23. The van der Waals surface area contributed by atoms with Crippen LogP contribution in [0.25, 0.3) is 0 Å². The lowest BCUT2D eigenvalue weighted by molar-refractivity contribution is -0.119. The number of rotatable bonds is 1. The number of nitrogens with one attached hydrogen (secondary N) is 2.